The first-order chi connectivity index (χ1) is 13.0. The lowest BCUT2D eigenvalue weighted by atomic mass is 10.1. The number of carbonyl (C=O) groups excluding carboxylic acids is 3. The van der Waals surface area contributed by atoms with E-state index in [0.29, 0.717) is 32.2 Å². The Hall–Kier alpha value is -2.57. The van der Waals surface area contributed by atoms with E-state index in [-0.39, 0.29) is 36.6 Å². The highest BCUT2D eigenvalue weighted by atomic mass is 16.5. The molecule has 2 heterocycles. The Morgan fingerprint density at radius 3 is 2.48 bits per heavy atom. The molecule has 3 aliphatic rings. The molecule has 0 aromatic heterocycles. The van der Waals surface area contributed by atoms with Crippen molar-refractivity contribution >= 4 is 17.7 Å². The topological polar surface area (TPSA) is 70.2 Å². The zero-order valence-electron chi connectivity index (χ0n) is 15.6. The Bertz CT molecular complexity index is 744. The van der Waals surface area contributed by atoms with Gasteiger partial charge >= 0.3 is 0 Å². The third-order valence-corrected chi connectivity index (χ3v) is 5.66. The van der Waals surface area contributed by atoms with Gasteiger partial charge in [-0.2, -0.15) is 0 Å². The summed E-state index contributed by atoms with van der Waals surface area (Å²) in [4.78, 5) is 42.7. The van der Waals surface area contributed by atoms with Crippen molar-refractivity contribution < 1.29 is 19.1 Å². The number of rotatable bonds is 5. The van der Waals surface area contributed by atoms with Gasteiger partial charge in [-0.15, -0.1) is 0 Å². The van der Waals surface area contributed by atoms with Crippen LogP contribution >= 0.6 is 0 Å². The summed E-state index contributed by atoms with van der Waals surface area (Å²) in [5.41, 5.74) is 1.03. The summed E-state index contributed by atoms with van der Waals surface area (Å²) in [5.74, 6) is 0.476. The fourth-order valence-corrected chi connectivity index (χ4v) is 3.91. The predicted octanol–water partition coefficient (Wildman–Crippen LogP) is 0.877. The molecule has 1 atom stereocenters. The van der Waals surface area contributed by atoms with Gasteiger partial charge in [0.1, 0.15) is 5.75 Å². The van der Waals surface area contributed by atoms with Crippen LogP contribution in [0.2, 0.25) is 0 Å². The molecule has 4 rings (SSSR count). The van der Waals surface area contributed by atoms with Crippen molar-refractivity contribution in [3.8, 4) is 5.75 Å². The number of piperazine rings is 1. The largest absolute Gasteiger partial charge is 0.497 e. The fraction of sp³-hybridized carbons (Fsp3) is 0.550. The molecule has 0 bridgehead atoms. The van der Waals surface area contributed by atoms with Crippen LogP contribution in [0.1, 0.15) is 24.8 Å². The lowest BCUT2D eigenvalue weighted by molar-refractivity contribution is -0.147. The maximum atomic E-state index is 12.8. The Morgan fingerprint density at radius 1 is 1.11 bits per heavy atom. The van der Waals surface area contributed by atoms with E-state index in [4.69, 9.17) is 4.74 Å². The van der Waals surface area contributed by atoms with Crippen molar-refractivity contribution in [2.75, 3.05) is 33.3 Å². The van der Waals surface area contributed by atoms with Crippen molar-refractivity contribution in [3.05, 3.63) is 29.8 Å². The van der Waals surface area contributed by atoms with Gasteiger partial charge in [0.25, 0.3) is 0 Å². The number of methoxy groups -OCH3 is 1. The average molecular weight is 371 g/mol. The summed E-state index contributed by atoms with van der Waals surface area (Å²) in [7, 11) is 1.62. The predicted molar refractivity (Wildman–Crippen MR) is 97.8 cm³/mol. The molecule has 1 unspecified atom stereocenters. The highest BCUT2D eigenvalue weighted by molar-refractivity contribution is 5.92. The monoisotopic (exact) mass is 371 g/mol. The lowest BCUT2D eigenvalue weighted by Crippen LogP contribution is -2.53. The van der Waals surface area contributed by atoms with Gasteiger partial charge in [0.2, 0.25) is 17.7 Å². The van der Waals surface area contributed by atoms with E-state index in [1.807, 2.05) is 29.2 Å². The van der Waals surface area contributed by atoms with Crippen LogP contribution < -0.4 is 4.74 Å². The lowest BCUT2D eigenvalue weighted by Gasteiger charge is -2.35. The van der Waals surface area contributed by atoms with Gasteiger partial charge in [0, 0.05) is 38.6 Å². The molecule has 0 N–H and O–H groups in total. The molecule has 7 nitrogen and oxygen atoms in total. The molecular formula is C20H25N3O4. The van der Waals surface area contributed by atoms with E-state index < -0.39 is 0 Å². The van der Waals surface area contributed by atoms with E-state index in [9.17, 15) is 14.4 Å². The second kappa shape index (κ2) is 7.21. The number of likely N-dealkylation sites (tertiary alicyclic amines) is 1. The first kappa shape index (κ1) is 17.8. The van der Waals surface area contributed by atoms with Gasteiger partial charge in [-0.1, -0.05) is 12.1 Å². The smallest absolute Gasteiger partial charge is 0.242 e. The zero-order chi connectivity index (χ0) is 19.0. The standard InChI is InChI=1S/C20H25N3O4/c1-27-17-6-2-14(3-7-17)11-21-8-9-22(13-19(21)25)20(26)15-10-18(24)23(12-15)16-4-5-16/h2-3,6-7,15-16H,4-5,8-13H2,1H3. The molecule has 0 radical (unpaired) electrons. The van der Waals surface area contributed by atoms with E-state index in [2.05, 4.69) is 0 Å². The van der Waals surface area contributed by atoms with Gasteiger partial charge in [-0.05, 0) is 30.5 Å². The minimum atomic E-state index is -0.293. The number of hydrogen-bond acceptors (Lipinski definition) is 4. The van der Waals surface area contributed by atoms with Crippen LogP contribution in [0.4, 0.5) is 0 Å². The van der Waals surface area contributed by atoms with E-state index in [0.717, 1.165) is 24.2 Å². The van der Waals surface area contributed by atoms with Gasteiger partial charge in [-0.25, -0.2) is 0 Å². The summed E-state index contributed by atoms with van der Waals surface area (Å²) < 4.78 is 5.15. The van der Waals surface area contributed by atoms with Crippen LogP contribution in [0.15, 0.2) is 24.3 Å². The number of hydrogen-bond donors (Lipinski definition) is 0. The molecule has 1 aromatic carbocycles. The van der Waals surface area contributed by atoms with Gasteiger partial charge in [-0.3, -0.25) is 14.4 Å². The number of nitrogens with zero attached hydrogens (tertiary/aromatic N) is 3. The summed E-state index contributed by atoms with van der Waals surface area (Å²) >= 11 is 0. The zero-order valence-corrected chi connectivity index (χ0v) is 15.6. The first-order valence-electron chi connectivity index (χ1n) is 9.54. The maximum Gasteiger partial charge on any atom is 0.242 e. The van der Waals surface area contributed by atoms with Crippen LogP contribution in [-0.2, 0) is 20.9 Å². The van der Waals surface area contributed by atoms with Crippen LogP contribution in [-0.4, -0.2) is 71.8 Å². The van der Waals surface area contributed by atoms with Crippen molar-refractivity contribution in [1.82, 2.24) is 14.7 Å². The first-order valence-corrected chi connectivity index (χ1v) is 9.54. The third-order valence-electron chi connectivity index (χ3n) is 5.66. The summed E-state index contributed by atoms with van der Waals surface area (Å²) in [6, 6.07) is 7.99. The Balaban J connectivity index is 1.32. The maximum absolute atomic E-state index is 12.8. The molecule has 0 spiro atoms. The minimum Gasteiger partial charge on any atom is -0.497 e. The molecule has 1 saturated carbocycles. The molecule has 3 fully saturated rings. The molecule has 1 aliphatic carbocycles. The van der Waals surface area contributed by atoms with Gasteiger partial charge in [0.05, 0.1) is 19.6 Å². The van der Waals surface area contributed by atoms with Crippen molar-refractivity contribution in [2.24, 2.45) is 5.92 Å². The normalized spacial score (nSPS) is 23.1. The van der Waals surface area contributed by atoms with E-state index >= 15 is 0 Å². The number of carbonyl (C=O) groups is 3. The molecule has 7 heteroatoms. The molecule has 27 heavy (non-hydrogen) atoms. The van der Waals surface area contributed by atoms with Crippen LogP contribution in [0, 0.1) is 5.92 Å². The number of amides is 3. The van der Waals surface area contributed by atoms with E-state index in [1.54, 1.807) is 16.9 Å². The average Bonchev–Trinajstić information content (AvgIpc) is 3.45. The minimum absolute atomic E-state index is 0.0474. The number of ether oxygens (including phenoxy) is 1. The molecule has 1 aromatic rings. The molecule has 3 amide bonds. The number of benzene rings is 1. The van der Waals surface area contributed by atoms with Crippen LogP contribution in [0.25, 0.3) is 0 Å². The van der Waals surface area contributed by atoms with Crippen molar-refractivity contribution in [3.63, 3.8) is 0 Å². The van der Waals surface area contributed by atoms with Crippen LogP contribution in [0.3, 0.4) is 0 Å². The second-order valence-electron chi connectivity index (χ2n) is 7.60. The SMILES string of the molecule is COc1ccc(CN2CCN(C(=O)C3CC(=O)N(C4CC4)C3)CC2=O)cc1. The Morgan fingerprint density at radius 2 is 1.85 bits per heavy atom. The summed E-state index contributed by atoms with van der Waals surface area (Å²) in [5, 5.41) is 0. The Labute approximate surface area is 158 Å². The molecular weight excluding hydrogens is 346 g/mol. The quantitative estimate of drug-likeness (QED) is 0.770. The summed E-state index contributed by atoms with van der Waals surface area (Å²) in [6.45, 7) is 2.19. The van der Waals surface area contributed by atoms with Gasteiger partial charge in [0.15, 0.2) is 0 Å². The Kier molecular flexibility index (Phi) is 4.76. The molecule has 2 aliphatic heterocycles. The van der Waals surface area contributed by atoms with Gasteiger partial charge < -0.3 is 19.4 Å². The third kappa shape index (κ3) is 3.77. The van der Waals surface area contributed by atoms with Crippen molar-refractivity contribution in [2.45, 2.75) is 31.8 Å². The highest BCUT2D eigenvalue weighted by Gasteiger charge is 2.43. The summed E-state index contributed by atoms with van der Waals surface area (Å²) in [6.07, 6.45) is 2.39. The molecule has 2 saturated heterocycles. The second-order valence-corrected chi connectivity index (χ2v) is 7.60. The van der Waals surface area contributed by atoms with Crippen molar-refractivity contribution in [1.29, 1.82) is 0 Å². The highest BCUT2D eigenvalue weighted by Crippen LogP contribution is 2.33. The van der Waals surface area contributed by atoms with Crippen LogP contribution in [0.5, 0.6) is 5.75 Å². The van der Waals surface area contributed by atoms with E-state index in [1.165, 1.54) is 0 Å². The fourth-order valence-electron chi connectivity index (χ4n) is 3.91. The molecule has 144 valence electrons.